The topological polar surface area (TPSA) is 63.3 Å². The van der Waals surface area contributed by atoms with Gasteiger partial charge in [-0.1, -0.05) is 0 Å². The van der Waals surface area contributed by atoms with E-state index in [1.54, 1.807) is 29.6 Å². The number of carbonyl (C=O) groups excluding carboxylic acids is 1. The first-order chi connectivity index (χ1) is 7.20. The molecule has 2 aromatic rings. The summed E-state index contributed by atoms with van der Waals surface area (Å²) in [5.74, 6) is 0.170. The molecule has 0 atom stereocenters. The third-order valence-corrected chi connectivity index (χ3v) is 3.02. The van der Waals surface area contributed by atoms with Crippen LogP contribution in [0.4, 0.5) is 5.69 Å². The van der Waals surface area contributed by atoms with Crippen molar-refractivity contribution in [3.8, 4) is 16.2 Å². The van der Waals surface area contributed by atoms with E-state index in [-0.39, 0.29) is 5.75 Å². The first kappa shape index (κ1) is 9.73. The number of anilines is 1. The molecule has 15 heavy (non-hydrogen) atoms. The predicted molar refractivity (Wildman–Crippen MR) is 61.2 cm³/mol. The van der Waals surface area contributed by atoms with E-state index < -0.39 is 0 Å². The molecule has 76 valence electrons. The van der Waals surface area contributed by atoms with Gasteiger partial charge in [-0.25, -0.2) is 0 Å². The summed E-state index contributed by atoms with van der Waals surface area (Å²) in [5, 5.41) is 11.4. The third-order valence-electron chi connectivity index (χ3n) is 2.04. The van der Waals surface area contributed by atoms with Crippen molar-refractivity contribution in [1.29, 1.82) is 0 Å². The van der Waals surface area contributed by atoms with Gasteiger partial charge in [0.05, 0.1) is 0 Å². The van der Waals surface area contributed by atoms with E-state index in [9.17, 15) is 9.90 Å². The summed E-state index contributed by atoms with van der Waals surface area (Å²) in [6, 6.07) is 6.60. The third kappa shape index (κ3) is 1.85. The van der Waals surface area contributed by atoms with Crippen molar-refractivity contribution in [1.82, 2.24) is 0 Å². The van der Waals surface area contributed by atoms with Crippen LogP contribution in [0.5, 0.6) is 5.75 Å². The van der Waals surface area contributed by atoms with Crippen LogP contribution in [-0.4, -0.2) is 11.4 Å². The Balaban J connectivity index is 2.52. The maximum Gasteiger partial charge on any atom is 0.150 e. The summed E-state index contributed by atoms with van der Waals surface area (Å²) in [7, 11) is 0. The molecule has 0 amide bonds. The molecular formula is C11H9NO2S. The van der Waals surface area contributed by atoms with E-state index in [0.29, 0.717) is 16.8 Å². The Morgan fingerprint density at radius 2 is 2.13 bits per heavy atom. The van der Waals surface area contributed by atoms with E-state index in [1.807, 2.05) is 0 Å². The second kappa shape index (κ2) is 3.74. The molecule has 0 aliphatic rings. The zero-order valence-electron chi connectivity index (χ0n) is 7.81. The van der Waals surface area contributed by atoms with Crippen LogP contribution in [0.2, 0.25) is 0 Å². The lowest BCUT2D eigenvalue weighted by atomic mass is 10.1. The van der Waals surface area contributed by atoms with Gasteiger partial charge in [0.2, 0.25) is 0 Å². The van der Waals surface area contributed by atoms with Gasteiger partial charge in [-0.15, -0.1) is 11.3 Å². The fraction of sp³-hybridized carbons (Fsp3) is 0. The number of thiophene rings is 1. The van der Waals surface area contributed by atoms with Gasteiger partial charge >= 0.3 is 0 Å². The van der Waals surface area contributed by atoms with Gasteiger partial charge in [-0.3, -0.25) is 4.79 Å². The first-order valence-electron chi connectivity index (χ1n) is 4.33. The lowest BCUT2D eigenvalue weighted by Gasteiger charge is -2.02. The number of phenols is 1. The average molecular weight is 219 g/mol. The number of nitrogens with two attached hydrogens (primary N) is 1. The Morgan fingerprint density at radius 3 is 2.80 bits per heavy atom. The molecule has 0 bridgehead atoms. The summed E-state index contributed by atoms with van der Waals surface area (Å²) < 4.78 is 0. The molecule has 0 saturated carbocycles. The summed E-state index contributed by atoms with van der Waals surface area (Å²) in [4.78, 5) is 11.4. The molecule has 0 unspecified atom stereocenters. The summed E-state index contributed by atoms with van der Waals surface area (Å²) in [6.07, 6.45) is 0.781. The molecule has 1 aromatic carbocycles. The lowest BCUT2D eigenvalue weighted by Crippen LogP contribution is -1.84. The molecule has 0 saturated heterocycles. The van der Waals surface area contributed by atoms with Crippen molar-refractivity contribution < 1.29 is 9.90 Å². The van der Waals surface area contributed by atoms with Gasteiger partial charge in [0, 0.05) is 27.1 Å². The summed E-state index contributed by atoms with van der Waals surface area (Å²) >= 11 is 1.40. The highest BCUT2D eigenvalue weighted by atomic mass is 32.1. The molecule has 0 spiro atoms. The Hall–Kier alpha value is -1.81. The second-order valence-corrected chi connectivity index (χ2v) is 4.05. The standard InChI is InChI=1S/C11H9NO2S/c12-8-1-2-10(14)9(4-8)11-3-7(5-13)6-15-11/h1-6,14H,12H2. The fourth-order valence-electron chi connectivity index (χ4n) is 1.30. The minimum Gasteiger partial charge on any atom is -0.507 e. The van der Waals surface area contributed by atoms with Crippen molar-refractivity contribution in [2.45, 2.75) is 0 Å². The van der Waals surface area contributed by atoms with Crippen LogP contribution in [0, 0.1) is 0 Å². The molecular weight excluding hydrogens is 210 g/mol. The van der Waals surface area contributed by atoms with Crippen molar-refractivity contribution in [3.05, 3.63) is 35.2 Å². The smallest absolute Gasteiger partial charge is 0.150 e. The first-order valence-corrected chi connectivity index (χ1v) is 5.21. The second-order valence-electron chi connectivity index (χ2n) is 3.14. The number of carbonyl (C=O) groups is 1. The highest BCUT2D eigenvalue weighted by Gasteiger charge is 2.07. The van der Waals surface area contributed by atoms with Gasteiger partial charge in [0.15, 0.2) is 6.29 Å². The Morgan fingerprint density at radius 1 is 1.33 bits per heavy atom. The van der Waals surface area contributed by atoms with Crippen LogP contribution >= 0.6 is 11.3 Å². The van der Waals surface area contributed by atoms with Gasteiger partial charge in [0.25, 0.3) is 0 Å². The van der Waals surface area contributed by atoms with Crippen molar-refractivity contribution in [2.24, 2.45) is 0 Å². The Bertz CT molecular complexity index is 505. The minimum atomic E-state index is 0.170. The Labute approximate surface area is 90.8 Å². The molecule has 3 N–H and O–H groups in total. The predicted octanol–water partition coefficient (Wildman–Crippen LogP) is 2.52. The normalized spacial score (nSPS) is 10.1. The fourth-order valence-corrected chi connectivity index (χ4v) is 2.19. The number of hydrogen-bond acceptors (Lipinski definition) is 4. The molecule has 1 heterocycles. The number of aldehydes is 1. The molecule has 1 aromatic heterocycles. The van der Waals surface area contributed by atoms with Crippen molar-refractivity contribution in [3.63, 3.8) is 0 Å². The molecule has 0 aliphatic heterocycles. The van der Waals surface area contributed by atoms with Crippen LogP contribution in [0.3, 0.4) is 0 Å². The van der Waals surface area contributed by atoms with Crippen LogP contribution in [0.1, 0.15) is 10.4 Å². The zero-order valence-corrected chi connectivity index (χ0v) is 8.62. The highest BCUT2D eigenvalue weighted by molar-refractivity contribution is 7.13. The summed E-state index contributed by atoms with van der Waals surface area (Å²) in [5.41, 5.74) is 7.48. The van der Waals surface area contributed by atoms with Gasteiger partial charge < -0.3 is 10.8 Å². The van der Waals surface area contributed by atoms with E-state index >= 15 is 0 Å². The van der Waals surface area contributed by atoms with Crippen LogP contribution in [0.25, 0.3) is 10.4 Å². The number of aromatic hydroxyl groups is 1. The Kier molecular flexibility index (Phi) is 2.43. The van der Waals surface area contributed by atoms with E-state index in [1.165, 1.54) is 11.3 Å². The van der Waals surface area contributed by atoms with E-state index in [4.69, 9.17) is 5.73 Å². The van der Waals surface area contributed by atoms with Crippen LogP contribution < -0.4 is 5.73 Å². The number of hydrogen-bond donors (Lipinski definition) is 2. The van der Waals surface area contributed by atoms with Gasteiger partial charge in [-0.05, 0) is 24.3 Å². The largest absolute Gasteiger partial charge is 0.507 e. The van der Waals surface area contributed by atoms with Gasteiger partial charge in [0.1, 0.15) is 5.75 Å². The summed E-state index contributed by atoms with van der Waals surface area (Å²) in [6.45, 7) is 0. The maximum atomic E-state index is 10.5. The number of nitrogen functional groups attached to an aromatic ring is 1. The number of benzene rings is 1. The molecule has 3 nitrogen and oxygen atoms in total. The van der Waals surface area contributed by atoms with Crippen LogP contribution in [-0.2, 0) is 0 Å². The average Bonchev–Trinajstić information content (AvgIpc) is 2.70. The molecule has 0 aliphatic carbocycles. The zero-order chi connectivity index (χ0) is 10.8. The number of phenolic OH excluding ortho intramolecular Hbond substituents is 1. The van der Waals surface area contributed by atoms with Crippen molar-refractivity contribution >= 4 is 23.3 Å². The van der Waals surface area contributed by atoms with E-state index in [2.05, 4.69) is 0 Å². The van der Waals surface area contributed by atoms with E-state index in [0.717, 1.165) is 11.2 Å². The SMILES string of the molecule is Nc1ccc(O)c(-c2cc(C=O)cs2)c1. The highest BCUT2D eigenvalue weighted by Crippen LogP contribution is 2.34. The van der Waals surface area contributed by atoms with Crippen LogP contribution in [0.15, 0.2) is 29.6 Å². The number of rotatable bonds is 2. The molecule has 4 heteroatoms. The molecule has 2 rings (SSSR count). The quantitative estimate of drug-likeness (QED) is 0.463. The molecule has 0 fully saturated rings. The lowest BCUT2D eigenvalue weighted by molar-refractivity contribution is 0.112. The monoisotopic (exact) mass is 219 g/mol. The maximum absolute atomic E-state index is 10.5. The minimum absolute atomic E-state index is 0.170. The van der Waals surface area contributed by atoms with Crippen molar-refractivity contribution in [2.75, 3.05) is 5.73 Å². The van der Waals surface area contributed by atoms with Gasteiger partial charge in [-0.2, -0.15) is 0 Å². The molecule has 0 radical (unpaired) electrons.